The number of benzene rings is 2. The van der Waals surface area contributed by atoms with Crippen LogP contribution in [-0.4, -0.2) is 37.0 Å². The Kier molecular flexibility index (Phi) is 6.09. The SMILES string of the molecule is COC(=O)/C=C(\C(=O)OC)N1C=Cc2ccccc2C1NC(=O)c1ccccc1. The summed E-state index contributed by atoms with van der Waals surface area (Å²) in [6.07, 6.45) is 3.70. The maximum absolute atomic E-state index is 12.8. The number of methoxy groups -OCH3 is 2. The number of rotatable bonds is 5. The molecule has 1 amide bonds. The van der Waals surface area contributed by atoms with E-state index in [9.17, 15) is 14.4 Å². The third kappa shape index (κ3) is 4.35. The fourth-order valence-corrected chi connectivity index (χ4v) is 2.99. The van der Waals surface area contributed by atoms with Gasteiger partial charge in [0.1, 0.15) is 11.9 Å². The number of esters is 2. The van der Waals surface area contributed by atoms with Gasteiger partial charge in [0.2, 0.25) is 0 Å². The highest BCUT2D eigenvalue weighted by Crippen LogP contribution is 2.32. The second kappa shape index (κ2) is 8.88. The van der Waals surface area contributed by atoms with E-state index in [4.69, 9.17) is 4.74 Å². The molecular formula is C22H20N2O5. The van der Waals surface area contributed by atoms with E-state index in [0.717, 1.165) is 17.2 Å². The Morgan fingerprint density at radius 2 is 1.66 bits per heavy atom. The molecule has 1 heterocycles. The molecule has 0 aliphatic carbocycles. The van der Waals surface area contributed by atoms with Gasteiger partial charge in [-0.05, 0) is 23.8 Å². The van der Waals surface area contributed by atoms with Crippen LogP contribution in [0.2, 0.25) is 0 Å². The van der Waals surface area contributed by atoms with Gasteiger partial charge in [-0.3, -0.25) is 4.79 Å². The van der Waals surface area contributed by atoms with E-state index < -0.39 is 18.1 Å². The number of hydrogen-bond donors (Lipinski definition) is 1. The second-order valence-corrected chi connectivity index (χ2v) is 6.14. The number of carbonyl (C=O) groups excluding carboxylic acids is 3. The molecule has 3 rings (SSSR count). The first-order chi connectivity index (χ1) is 14.0. The second-order valence-electron chi connectivity index (χ2n) is 6.14. The normalized spacial score (nSPS) is 15.3. The summed E-state index contributed by atoms with van der Waals surface area (Å²) in [6.45, 7) is 0. The van der Waals surface area contributed by atoms with Crippen LogP contribution in [0.15, 0.2) is 72.6 Å². The molecule has 0 saturated heterocycles. The summed E-state index contributed by atoms with van der Waals surface area (Å²) in [4.78, 5) is 38.5. The summed E-state index contributed by atoms with van der Waals surface area (Å²) in [5.74, 6) is -1.78. The average Bonchev–Trinajstić information content (AvgIpc) is 2.77. The first-order valence-corrected chi connectivity index (χ1v) is 8.84. The van der Waals surface area contributed by atoms with Crippen LogP contribution in [0.25, 0.3) is 6.08 Å². The number of ether oxygens (including phenoxy) is 2. The molecule has 1 N–H and O–H groups in total. The maximum Gasteiger partial charge on any atom is 0.355 e. The Morgan fingerprint density at radius 1 is 0.966 bits per heavy atom. The van der Waals surface area contributed by atoms with Crippen LogP contribution in [0.1, 0.15) is 27.7 Å². The third-order valence-corrected chi connectivity index (χ3v) is 4.42. The molecule has 2 aromatic carbocycles. The zero-order valence-corrected chi connectivity index (χ0v) is 16.0. The molecular weight excluding hydrogens is 372 g/mol. The first-order valence-electron chi connectivity index (χ1n) is 8.84. The number of amides is 1. The van der Waals surface area contributed by atoms with Crippen LogP contribution in [0.5, 0.6) is 0 Å². The van der Waals surface area contributed by atoms with Gasteiger partial charge in [-0.25, -0.2) is 9.59 Å². The Bertz CT molecular complexity index is 982. The lowest BCUT2D eigenvalue weighted by Gasteiger charge is -2.35. The van der Waals surface area contributed by atoms with Crippen molar-refractivity contribution >= 4 is 23.9 Å². The molecule has 7 nitrogen and oxygen atoms in total. The third-order valence-electron chi connectivity index (χ3n) is 4.42. The predicted octanol–water partition coefficient (Wildman–Crippen LogP) is 2.63. The summed E-state index contributed by atoms with van der Waals surface area (Å²) in [5, 5.41) is 2.93. The van der Waals surface area contributed by atoms with Gasteiger partial charge in [0.25, 0.3) is 5.91 Å². The lowest BCUT2D eigenvalue weighted by Crippen LogP contribution is -2.41. The van der Waals surface area contributed by atoms with E-state index in [2.05, 4.69) is 10.1 Å². The zero-order valence-electron chi connectivity index (χ0n) is 16.0. The molecule has 0 bridgehead atoms. The fraction of sp³-hybridized carbons (Fsp3) is 0.136. The summed E-state index contributed by atoms with van der Waals surface area (Å²) in [5.41, 5.74) is 2.04. The molecule has 148 valence electrons. The van der Waals surface area contributed by atoms with Crippen molar-refractivity contribution in [3.05, 3.63) is 89.3 Å². The Morgan fingerprint density at radius 3 is 2.34 bits per heavy atom. The molecule has 0 aromatic heterocycles. The highest BCUT2D eigenvalue weighted by Gasteiger charge is 2.31. The van der Waals surface area contributed by atoms with Gasteiger partial charge < -0.3 is 19.7 Å². The molecule has 2 aromatic rings. The van der Waals surface area contributed by atoms with E-state index in [1.807, 2.05) is 30.3 Å². The lowest BCUT2D eigenvalue weighted by atomic mass is 10.00. The lowest BCUT2D eigenvalue weighted by molar-refractivity contribution is -0.140. The average molecular weight is 392 g/mol. The van der Waals surface area contributed by atoms with E-state index >= 15 is 0 Å². The number of fused-ring (bicyclic) bond motifs is 1. The topological polar surface area (TPSA) is 84.9 Å². The highest BCUT2D eigenvalue weighted by atomic mass is 16.5. The Hall–Kier alpha value is -3.87. The number of hydrogen-bond acceptors (Lipinski definition) is 6. The van der Waals surface area contributed by atoms with Gasteiger partial charge in [0, 0.05) is 17.3 Å². The fourth-order valence-electron chi connectivity index (χ4n) is 2.99. The standard InChI is InChI=1S/C22H20N2O5/c1-28-19(25)14-18(22(27)29-2)24-13-12-15-8-6-7-11-17(15)20(24)23-21(26)16-9-4-3-5-10-16/h3-14,20H,1-2H3,(H,23,26)/b18-14+. The van der Waals surface area contributed by atoms with Gasteiger partial charge >= 0.3 is 11.9 Å². The molecule has 1 unspecified atom stereocenters. The van der Waals surface area contributed by atoms with Crippen molar-refractivity contribution in [3.8, 4) is 0 Å². The van der Waals surface area contributed by atoms with Crippen molar-refractivity contribution in [2.75, 3.05) is 14.2 Å². The quantitative estimate of drug-likeness (QED) is 0.622. The van der Waals surface area contributed by atoms with Crippen molar-refractivity contribution in [1.29, 1.82) is 0 Å². The summed E-state index contributed by atoms with van der Waals surface area (Å²) in [7, 11) is 2.43. The molecule has 1 aliphatic heterocycles. The van der Waals surface area contributed by atoms with Gasteiger partial charge in [0.15, 0.2) is 0 Å². The smallest absolute Gasteiger partial charge is 0.355 e. The van der Waals surface area contributed by atoms with Crippen molar-refractivity contribution in [2.45, 2.75) is 6.17 Å². The van der Waals surface area contributed by atoms with Crippen molar-refractivity contribution in [2.24, 2.45) is 0 Å². The van der Waals surface area contributed by atoms with Crippen LogP contribution in [0.4, 0.5) is 0 Å². The van der Waals surface area contributed by atoms with Crippen LogP contribution >= 0.6 is 0 Å². The summed E-state index contributed by atoms with van der Waals surface area (Å²) < 4.78 is 9.49. The maximum atomic E-state index is 12.8. The molecule has 0 spiro atoms. The molecule has 1 aliphatic rings. The summed E-state index contributed by atoms with van der Waals surface area (Å²) >= 11 is 0. The van der Waals surface area contributed by atoms with E-state index in [1.165, 1.54) is 19.1 Å². The van der Waals surface area contributed by atoms with Gasteiger partial charge in [0.05, 0.1) is 20.3 Å². The minimum atomic E-state index is -0.738. The number of nitrogens with one attached hydrogen (secondary N) is 1. The van der Waals surface area contributed by atoms with E-state index in [-0.39, 0.29) is 11.6 Å². The molecule has 0 radical (unpaired) electrons. The zero-order chi connectivity index (χ0) is 20.8. The molecule has 29 heavy (non-hydrogen) atoms. The van der Waals surface area contributed by atoms with Crippen LogP contribution in [0.3, 0.4) is 0 Å². The van der Waals surface area contributed by atoms with Crippen LogP contribution in [0, 0.1) is 0 Å². The highest BCUT2D eigenvalue weighted by molar-refractivity contribution is 5.97. The van der Waals surface area contributed by atoms with Crippen molar-refractivity contribution < 1.29 is 23.9 Å². The molecule has 7 heteroatoms. The minimum absolute atomic E-state index is 0.0662. The monoisotopic (exact) mass is 392 g/mol. The van der Waals surface area contributed by atoms with E-state index in [0.29, 0.717) is 5.56 Å². The Balaban J connectivity index is 2.04. The first kappa shape index (κ1) is 19.9. The van der Waals surface area contributed by atoms with Gasteiger partial charge in [-0.2, -0.15) is 0 Å². The summed E-state index contributed by atoms with van der Waals surface area (Å²) in [6, 6.07) is 16.2. The molecule has 0 saturated carbocycles. The van der Waals surface area contributed by atoms with Crippen molar-refractivity contribution in [3.63, 3.8) is 0 Å². The Labute approximate surface area is 168 Å². The van der Waals surface area contributed by atoms with Gasteiger partial charge in [-0.15, -0.1) is 0 Å². The number of nitrogens with zero attached hydrogens (tertiary/aromatic N) is 1. The van der Waals surface area contributed by atoms with Crippen LogP contribution < -0.4 is 5.32 Å². The number of carbonyl (C=O) groups is 3. The minimum Gasteiger partial charge on any atom is -0.466 e. The predicted molar refractivity (Wildman–Crippen MR) is 106 cm³/mol. The van der Waals surface area contributed by atoms with Crippen molar-refractivity contribution in [1.82, 2.24) is 10.2 Å². The van der Waals surface area contributed by atoms with E-state index in [1.54, 1.807) is 36.5 Å². The van der Waals surface area contributed by atoms with Crippen LogP contribution in [-0.2, 0) is 19.1 Å². The largest absolute Gasteiger partial charge is 0.466 e. The van der Waals surface area contributed by atoms with Gasteiger partial charge in [-0.1, -0.05) is 42.5 Å². The molecule has 0 fully saturated rings. The molecule has 1 atom stereocenters.